The molecule has 0 spiro atoms. The minimum absolute atomic E-state index is 0.0164. The number of allylic oxidation sites excluding steroid dienone is 2. The van der Waals surface area contributed by atoms with Gasteiger partial charge in [-0.15, -0.1) is 0 Å². The summed E-state index contributed by atoms with van der Waals surface area (Å²) in [6.07, 6.45) is 1.59. The second kappa shape index (κ2) is 8.24. The fourth-order valence-corrected chi connectivity index (χ4v) is 2.67. The molecule has 6 nitrogen and oxygen atoms in total. The van der Waals surface area contributed by atoms with Gasteiger partial charge in [-0.3, -0.25) is 14.6 Å². The molecular weight excluding hydrogens is 298 g/mol. The Bertz CT molecular complexity index is 515. The first-order valence-corrected chi connectivity index (χ1v) is 7.94. The lowest BCUT2D eigenvalue weighted by Gasteiger charge is -2.30. The number of carbonyl (C=O) groups is 2. The summed E-state index contributed by atoms with van der Waals surface area (Å²) >= 11 is 0. The van der Waals surface area contributed by atoms with E-state index in [1.54, 1.807) is 0 Å². The van der Waals surface area contributed by atoms with Gasteiger partial charge in [-0.05, 0) is 11.8 Å². The smallest absolute Gasteiger partial charge is 0.305 e. The summed E-state index contributed by atoms with van der Waals surface area (Å²) in [5, 5.41) is 19.7. The van der Waals surface area contributed by atoms with Crippen molar-refractivity contribution >= 4 is 17.5 Å². The number of nitrogens with zero attached hydrogens (tertiary/aromatic N) is 1. The molecule has 0 amide bonds. The number of esters is 1. The number of ether oxygens (including phenoxy) is 1. The SMILES string of the molecule is CCC(CO)N=C(CCC(=O)OC)C1=C(O)CC(C)(C)CC1=O. The van der Waals surface area contributed by atoms with Gasteiger partial charge < -0.3 is 14.9 Å². The lowest BCUT2D eigenvalue weighted by Crippen LogP contribution is -2.30. The van der Waals surface area contributed by atoms with E-state index in [2.05, 4.69) is 9.73 Å². The molecule has 2 N–H and O–H groups in total. The van der Waals surface area contributed by atoms with E-state index in [1.165, 1.54) is 7.11 Å². The first-order chi connectivity index (χ1) is 10.7. The van der Waals surface area contributed by atoms with E-state index < -0.39 is 5.97 Å². The Morgan fingerprint density at radius 3 is 2.48 bits per heavy atom. The van der Waals surface area contributed by atoms with Gasteiger partial charge in [0.25, 0.3) is 0 Å². The largest absolute Gasteiger partial charge is 0.511 e. The predicted molar refractivity (Wildman–Crippen MR) is 87.5 cm³/mol. The van der Waals surface area contributed by atoms with Crippen LogP contribution in [0.15, 0.2) is 16.3 Å². The van der Waals surface area contributed by atoms with Crippen LogP contribution in [0.4, 0.5) is 0 Å². The highest BCUT2D eigenvalue weighted by Gasteiger charge is 2.35. The van der Waals surface area contributed by atoms with Crippen molar-refractivity contribution in [3.05, 3.63) is 11.3 Å². The van der Waals surface area contributed by atoms with Gasteiger partial charge in [0, 0.05) is 25.0 Å². The van der Waals surface area contributed by atoms with Crippen LogP contribution >= 0.6 is 0 Å². The van der Waals surface area contributed by atoms with E-state index in [0.717, 1.165) is 0 Å². The molecule has 0 saturated heterocycles. The molecular formula is C17H27NO5. The highest BCUT2D eigenvalue weighted by Crippen LogP contribution is 2.36. The van der Waals surface area contributed by atoms with Crippen LogP contribution in [-0.2, 0) is 14.3 Å². The number of carbonyl (C=O) groups excluding carboxylic acids is 2. The molecule has 130 valence electrons. The molecule has 1 rings (SSSR count). The van der Waals surface area contributed by atoms with Crippen LogP contribution in [-0.4, -0.2) is 47.4 Å². The predicted octanol–water partition coefficient (Wildman–Crippen LogP) is 2.35. The average molecular weight is 325 g/mol. The van der Waals surface area contributed by atoms with Gasteiger partial charge in [-0.1, -0.05) is 20.8 Å². The summed E-state index contributed by atoms with van der Waals surface area (Å²) in [5.41, 5.74) is 0.300. The topological polar surface area (TPSA) is 96.2 Å². The maximum absolute atomic E-state index is 12.5. The molecule has 0 radical (unpaired) electrons. The van der Waals surface area contributed by atoms with E-state index in [-0.39, 0.29) is 48.0 Å². The molecule has 0 aromatic heterocycles. The Labute approximate surface area is 137 Å². The maximum Gasteiger partial charge on any atom is 0.305 e. The molecule has 0 aliphatic heterocycles. The first-order valence-electron chi connectivity index (χ1n) is 7.94. The van der Waals surface area contributed by atoms with Gasteiger partial charge in [0.15, 0.2) is 5.78 Å². The van der Waals surface area contributed by atoms with Gasteiger partial charge in [0.1, 0.15) is 5.76 Å². The highest BCUT2D eigenvalue weighted by molar-refractivity contribution is 6.23. The second-order valence-electron chi connectivity index (χ2n) is 6.66. The molecule has 1 atom stereocenters. The third-order valence-corrected chi connectivity index (χ3v) is 3.96. The summed E-state index contributed by atoms with van der Waals surface area (Å²) < 4.78 is 4.63. The van der Waals surface area contributed by atoms with Crippen LogP contribution in [0.25, 0.3) is 0 Å². The zero-order valence-corrected chi connectivity index (χ0v) is 14.4. The van der Waals surface area contributed by atoms with E-state index in [1.807, 2.05) is 20.8 Å². The third kappa shape index (κ3) is 5.46. The lowest BCUT2D eigenvalue weighted by molar-refractivity contribution is -0.140. The fraction of sp³-hybridized carbons (Fsp3) is 0.706. The molecule has 23 heavy (non-hydrogen) atoms. The normalized spacial score (nSPS) is 19.7. The monoisotopic (exact) mass is 325 g/mol. The number of rotatable bonds is 7. The number of hydrogen-bond donors (Lipinski definition) is 2. The standard InChI is InChI=1S/C17H27NO5/c1-5-11(10-19)18-12(6-7-15(22)23-4)16-13(20)8-17(2,3)9-14(16)21/h11,19-20H,5-10H2,1-4H3. The van der Waals surface area contributed by atoms with Crippen molar-refractivity contribution in [2.45, 2.75) is 58.9 Å². The van der Waals surface area contributed by atoms with Crippen molar-refractivity contribution in [2.75, 3.05) is 13.7 Å². The molecule has 1 aliphatic carbocycles. The quantitative estimate of drug-likeness (QED) is 0.553. The number of aliphatic hydroxyl groups is 2. The molecule has 0 saturated carbocycles. The van der Waals surface area contributed by atoms with Gasteiger partial charge in [-0.25, -0.2) is 0 Å². The van der Waals surface area contributed by atoms with Crippen molar-refractivity contribution in [1.29, 1.82) is 0 Å². The molecule has 1 aliphatic rings. The zero-order chi connectivity index (χ0) is 17.6. The summed E-state index contributed by atoms with van der Waals surface area (Å²) in [6.45, 7) is 5.58. The van der Waals surface area contributed by atoms with E-state index >= 15 is 0 Å². The van der Waals surface area contributed by atoms with Gasteiger partial charge in [0.2, 0.25) is 0 Å². The van der Waals surface area contributed by atoms with Crippen LogP contribution in [0.3, 0.4) is 0 Å². The van der Waals surface area contributed by atoms with E-state index in [4.69, 9.17) is 0 Å². The van der Waals surface area contributed by atoms with Crippen molar-refractivity contribution in [2.24, 2.45) is 10.4 Å². The Balaban J connectivity index is 3.17. The summed E-state index contributed by atoms with van der Waals surface area (Å²) in [7, 11) is 1.30. The minimum Gasteiger partial charge on any atom is -0.511 e. The summed E-state index contributed by atoms with van der Waals surface area (Å²) in [5.74, 6) is -0.559. The number of aliphatic imine (C=N–C) groups is 1. The molecule has 0 aromatic carbocycles. The number of aliphatic hydroxyl groups excluding tert-OH is 2. The first kappa shape index (κ1) is 19.4. The van der Waals surface area contributed by atoms with Gasteiger partial charge in [0.05, 0.1) is 31.8 Å². The summed E-state index contributed by atoms with van der Waals surface area (Å²) in [6, 6.07) is -0.356. The van der Waals surface area contributed by atoms with Crippen LogP contribution < -0.4 is 0 Å². The zero-order valence-electron chi connectivity index (χ0n) is 14.4. The highest BCUT2D eigenvalue weighted by atomic mass is 16.5. The minimum atomic E-state index is -0.404. The van der Waals surface area contributed by atoms with Crippen LogP contribution in [0.1, 0.15) is 52.9 Å². The van der Waals surface area contributed by atoms with Crippen molar-refractivity contribution in [3.63, 3.8) is 0 Å². The van der Waals surface area contributed by atoms with Crippen molar-refractivity contribution in [1.82, 2.24) is 0 Å². The fourth-order valence-electron chi connectivity index (χ4n) is 2.67. The van der Waals surface area contributed by atoms with E-state index in [9.17, 15) is 19.8 Å². The van der Waals surface area contributed by atoms with Crippen LogP contribution in [0, 0.1) is 5.41 Å². The number of hydrogen-bond acceptors (Lipinski definition) is 6. The van der Waals surface area contributed by atoms with Gasteiger partial charge >= 0.3 is 5.97 Å². The average Bonchev–Trinajstić information content (AvgIpc) is 2.46. The van der Waals surface area contributed by atoms with Crippen molar-refractivity contribution in [3.8, 4) is 0 Å². The van der Waals surface area contributed by atoms with Gasteiger partial charge in [-0.2, -0.15) is 0 Å². The number of ketones is 1. The summed E-state index contributed by atoms with van der Waals surface area (Å²) in [4.78, 5) is 28.3. The molecule has 0 heterocycles. The lowest BCUT2D eigenvalue weighted by atomic mass is 9.75. The maximum atomic E-state index is 12.5. The Kier molecular flexibility index (Phi) is 6.94. The van der Waals surface area contributed by atoms with Crippen LogP contribution in [0.2, 0.25) is 0 Å². The molecule has 6 heteroatoms. The Hall–Kier alpha value is -1.69. The Morgan fingerprint density at radius 1 is 1.35 bits per heavy atom. The van der Waals surface area contributed by atoms with Crippen LogP contribution in [0.5, 0.6) is 0 Å². The number of Topliss-reactive ketones (excluding diaryl/α,β-unsaturated/α-hetero) is 1. The van der Waals surface area contributed by atoms with E-state index in [0.29, 0.717) is 25.0 Å². The third-order valence-electron chi connectivity index (χ3n) is 3.96. The Morgan fingerprint density at radius 2 is 2.00 bits per heavy atom. The second-order valence-corrected chi connectivity index (χ2v) is 6.66. The molecule has 1 unspecified atom stereocenters. The van der Waals surface area contributed by atoms with Crippen molar-refractivity contribution < 1.29 is 24.5 Å². The molecule has 0 aromatic rings. The molecule has 0 fully saturated rings. The number of methoxy groups -OCH3 is 1. The molecule has 0 bridgehead atoms.